The van der Waals surface area contributed by atoms with Crippen molar-refractivity contribution in [3.05, 3.63) is 56.5 Å². The van der Waals surface area contributed by atoms with E-state index in [9.17, 15) is 9.59 Å². The van der Waals surface area contributed by atoms with Gasteiger partial charge in [-0.3, -0.25) is 0 Å². The van der Waals surface area contributed by atoms with Gasteiger partial charge in [-0.1, -0.05) is 67.2 Å². The molecule has 0 aliphatic heterocycles. The Kier molecular flexibility index (Phi) is 8.51. The van der Waals surface area contributed by atoms with Crippen LogP contribution in [0.15, 0.2) is 36.4 Å². The first kappa shape index (κ1) is 26.7. The lowest BCUT2D eigenvalue weighted by molar-refractivity contribution is 0.0761. The smallest absolute Gasteiger partial charge is 0.319 e. The fourth-order valence-electron chi connectivity index (χ4n) is 4.84. The Labute approximate surface area is 220 Å². The maximum absolute atomic E-state index is 12.6. The maximum Gasteiger partial charge on any atom is 0.319 e. The molecular weight excluding hydrogens is 518 g/mol. The first-order chi connectivity index (χ1) is 15.8. The molecule has 0 unspecified atom stereocenters. The lowest BCUT2D eigenvalue weighted by atomic mass is 9.62. The third kappa shape index (κ3) is 7.57. The molecule has 2 aromatic carbocycles. The Hall–Kier alpha value is -1.86. The number of carbonyl (C=O) groups is 2. The van der Waals surface area contributed by atoms with Crippen molar-refractivity contribution in [3.8, 4) is 0 Å². The maximum atomic E-state index is 12.6. The molecule has 1 saturated carbocycles. The number of anilines is 2. The Bertz CT molecular complexity index is 1080. The number of halogens is 4. The van der Waals surface area contributed by atoms with Crippen LogP contribution < -0.4 is 21.3 Å². The fraction of sp³-hybridized carbons (Fsp3) is 0.417. The predicted molar refractivity (Wildman–Crippen MR) is 142 cm³/mol. The van der Waals surface area contributed by atoms with E-state index in [0.717, 1.165) is 19.3 Å². The lowest BCUT2D eigenvalue weighted by Gasteiger charge is -2.46. The fourth-order valence-corrected chi connectivity index (χ4v) is 5.44. The van der Waals surface area contributed by atoms with Crippen LogP contribution in [0.2, 0.25) is 20.1 Å². The predicted octanol–water partition coefficient (Wildman–Crippen LogP) is 7.83. The minimum absolute atomic E-state index is 0.0175. The first-order valence-electron chi connectivity index (χ1n) is 10.9. The first-order valence-corrected chi connectivity index (χ1v) is 12.4. The molecule has 6 nitrogen and oxygen atoms in total. The van der Waals surface area contributed by atoms with Crippen molar-refractivity contribution in [1.82, 2.24) is 10.6 Å². The van der Waals surface area contributed by atoms with Gasteiger partial charge in [0.2, 0.25) is 0 Å². The van der Waals surface area contributed by atoms with E-state index < -0.39 is 0 Å². The zero-order valence-electron chi connectivity index (χ0n) is 19.2. The van der Waals surface area contributed by atoms with Gasteiger partial charge in [0.15, 0.2) is 0 Å². The Balaban J connectivity index is 1.58. The molecule has 4 N–H and O–H groups in total. The SMILES string of the molecule is CC1(C)C[C@@H](NC(=O)Nc2ccc(Cl)c(Cl)c2)C[C@@](C)(CNC(=O)Nc2ccc(Cl)c(Cl)c2)C1. The van der Waals surface area contributed by atoms with E-state index in [4.69, 9.17) is 46.4 Å². The van der Waals surface area contributed by atoms with Crippen LogP contribution in [-0.4, -0.2) is 24.6 Å². The summed E-state index contributed by atoms with van der Waals surface area (Å²) in [5.41, 5.74) is 0.888. The number of urea groups is 2. The molecule has 3 rings (SSSR count). The number of hydrogen-bond acceptors (Lipinski definition) is 2. The monoisotopic (exact) mass is 544 g/mol. The molecule has 1 aliphatic rings. The summed E-state index contributed by atoms with van der Waals surface area (Å²) in [6.45, 7) is 6.92. The summed E-state index contributed by atoms with van der Waals surface area (Å²) in [5, 5.41) is 13.2. The van der Waals surface area contributed by atoms with Crippen LogP contribution >= 0.6 is 46.4 Å². The molecule has 0 saturated heterocycles. The summed E-state index contributed by atoms with van der Waals surface area (Å²) < 4.78 is 0. The topological polar surface area (TPSA) is 82.3 Å². The van der Waals surface area contributed by atoms with Gasteiger partial charge >= 0.3 is 12.1 Å². The van der Waals surface area contributed by atoms with Gasteiger partial charge in [-0.25, -0.2) is 9.59 Å². The Morgan fingerprint density at radius 3 is 1.88 bits per heavy atom. The lowest BCUT2D eigenvalue weighted by Crippen LogP contribution is -2.51. The number of rotatable bonds is 5. The largest absolute Gasteiger partial charge is 0.337 e. The van der Waals surface area contributed by atoms with Crippen molar-refractivity contribution in [1.29, 1.82) is 0 Å². The van der Waals surface area contributed by atoms with Crippen molar-refractivity contribution in [2.45, 2.75) is 46.1 Å². The molecular formula is C24H28Cl4N4O2. The molecule has 2 aromatic rings. The molecule has 10 heteroatoms. The minimum atomic E-state index is -0.329. The van der Waals surface area contributed by atoms with Gasteiger partial charge in [-0.15, -0.1) is 0 Å². The average Bonchev–Trinajstić information content (AvgIpc) is 2.70. The molecule has 0 spiro atoms. The van der Waals surface area contributed by atoms with E-state index in [1.165, 1.54) is 0 Å². The number of amides is 4. The van der Waals surface area contributed by atoms with E-state index >= 15 is 0 Å². The van der Waals surface area contributed by atoms with Gasteiger partial charge in [0.25, 0.3) is 0 Å². The molecule has 1 aliphatic carbocycles. The normalized spacial score (nSPS) is 21.4. The van der Waals surface area contributed by atoms with Gasteiger partial charge in [0, 0.05) is 24.0 Å². The van der Waals surface area contributed by atoms with Crippen LogP contribution in [0.3, 0.4) is 0 Å². The standard InChI is InChI=1S/C24H28Cl4N4O2/c1-23(2)10-16(32-22(34)31-15-5-7-18(26)20(28)9-15)11-24(3,12-23)13-29-21(33)30-14-4-6-17(25)19(27)8-14/h4-9,16H,10-13H2,1-3H3,(H2,29,30,33)(H2,31,32,34)/t16-,24-/m1/s1. The summed E-state index contributed by atoms with van der Waals surface area (Å²) in [6, 6.07) is 9.15. The van der Waals surface area contributed by atoms with Crippen molar-refractivity contribution in [2.75, 3.05) is 17.2 Å². The summed E-state index contributed by atoms with van der Waals surface area (Å²) in [5.74, 6) is 0. The van der Waals surface area contributed by atoms with Crippen LogP contribution in [0.25, 0.3) is 0 Å². The molecule has 0 radical (unpaired) electrons. The van der Waals surface area contributed by atoms with Gasteiger partial charge < -0.3 is 21.3 Å². The molecule has 34 heavy (non-hydrogen) atoms. The number of carbonyl (C=O) groups excluding carboxylic acids is 2. The van der Waals surface area contributed by atoms with Crippen molar-refractivity contribution >= 4 is 69.8 Å². The van der Waals surface area contributed by atoms with Crippen LogP contribution in [0.5, 0.6) is 0 Å². The summed E-state index contributed by atoms with van der Waals surface area (Å²) in [4.78, 5) is 25.1. The number of benzene rings is 2. The molecule has 184 valence electrons. The van der Waals surface area contributed by atoms with Crippen LogP contribution in [0.4, 0.5) is 21.0 Å². The zero-order valence-corrected chi connectivity index (χ0v) is 22.2. The van der Waals surface area contributed by atoms with E-state index in [1.54, 1.807) is 36.4 Å². The van der Waals surface area contributed by atoms with Crippen LogP contribution in [0, 0.1) is 10.8 Å². The molecule has 0 bridgehead atoms. The molecule has 0 heterocycles. The van der Waals surface area contributed by atoms with Crippen LogP contribution in [-0.2, 0) is 0 Å². The molecule has 1 fully saturated rings. The molecule has 2 atom stereocenters. The summed E-state index contributed by atoms with van der Waals surface area (Å²) in [7, 11) is 0. The van der Waals surface area contributed by atoms with Gasteiger partial charge in [0.1, 0.15) is 0 Å². The van der Waals surface area contributed by atoms with Gasteiger partial charge in [-0.05, 0) is 66.5 Å². The second-order valence-corrected chi connectivity index (χ2v) is 11.5. The second-order valence-electron chi connectivity index (χ2n) is 9.92. The zero-order chi connectivity index (χ0) is 25.1. The highest BCUT2D eigenvalue weighted by atomic mass is 35.5. The minimum Gasteiger partial charge on any atom is -0.337 e. The number of nitrogens with one attached hydrogen (secondary N) is 4. The quantitative estimate of drug-likeness (QED) is 0.308. The Morgan fingerprint density at radius 1 is 0.824 bits per heavy atom. The molecule has 4 amide bonds. The van der Waals surface area contributed by atoms with E-state index in [0.29, 0.717) is 38.0 Å². The van der Waals surface area contributed by atoms with E-state index in [-0.39, 0.29) is 28.9 Å². The van der Waals surface area contributed by atoms with E-state index in [2.05, 4.69) is 42.0 Å². The highest BCUT2D eigenvalue weighted by Gasteiger charge is 2.41. The van der Waals surface area contributed by atoms with Gasteiger partial charge in [-0.2, -0.15) is 0 Å². The summed E-state index contributed by atoms with van der Waals surface area (Å²) >= 11 is 23.9. The highest BCUT2D eigenvalue weighted by molar-refractivity contribution is 6.42. The van der Waals surface area contributed by atoms with Crippen molar-refractivity contribution in [2.24, 2.45) is 10.8 Å². The third-order valence-corrected chi connectivity index (χ3v) is 7.29. The molecule has 0 aromatic heterocycles. The van der Waals surface area contributed by atoms with Gasteiger partial charge in [0.05, 0.1) is 20.1 Å². The summed E-state index contributed by atoms with van der Waals surface area (Å²) in [6.07, 6.45) is 2.45. The average molecular weight is 546 g/mol. The van der Waals surface area contributed by atoms with Crippen molar-refractivity contribution in [3.63, 3.8) is 0 Å². The number of hydrogen-bond donors (Lipinski definition) is 4. The Morgan fingerprint density at radius 2 is 1.35 bits per heavy atom. The van der Waals surface area contributed by atoms with Crippen LogP contribution in [0.1, 0.15) is 40.0 Å². The van der Waals surface area contributed by atoms with E-state index in [1.807, 2.05) is 0 Å². The highest BCUT2D eigenvalue weighted by Crippen LogP contribution is 2.45. The van der Waals surface area contributed by atoms with Crippen molar-refractivity contribution < 1.29 is 9.59 Å². The second kappa shape index (κ2) is 10.8. The third-order valence-electron chi connectivity index (χ3n) is 5.81.